The van der Waals surface area contributed by atoms with E-state index in [1.165, 1.54) is 0 Å². The fourth-order valence-electron chi connectivity index (χ4n) is 3.13. The van der Waals surface area contributed by atoms with Crippen molar-refractivity contribution in [3.05, 3.63) is 71.1 Å². The van der Waals surface area contributed by atoms with Crippen LogP contribution in [-0.2, 0) is 4.79 Å². The van der Waals surface area contributed by atoms with Crippen molar-refractivity contribution in [2.45, 2.75) is 25.1 Å². The number of para-hydroxylation sites is 2. The van der Waals surface area contributed by atoms with Crippen LogP contribution in [0.2, 0.25) is 0 Å². The molecular formula is C23H20N2O3S. The number of benzene rings is 3. The first kappa shape index (κ1) is 19.1. The molecule has 0 atom stereocenters. The normalized spacial score (nSPS) is 12.0. The van der Waals surface area contributed by atoms with Gasteiger partial charge in [-0.05, 0) is 60.7 Å². The molecule has 0 amide bonds. The smallest absolute Gasteiger partial charge is 0.342 e. The highest BCUT2D eigenvalue weighted by molar-refractivity contribution is 8.04. The Kier molecular flexibility index (Phi) is 5.27. The van der Waals surface area contributed by atoms with Gasteiger partial charge in [0.2, 0.25) is 0 Å². The van der Waals surface area contributed by atoms with Crippen LogP contribution in [0.25, 0.3) is 27.9 Å². The zero-order chi connectivity index (χ0) is 20.4. The third-order valence-electron chi connectivity index (χ3n) is 4.35. The van der Waals surface area contributed by atoms with E-state index < -0.39 is 5.97 Å². The number of imidazole rings is 1. The Bertz CT molecular complexity index is 1190. The maximum atomic E-state index is 12.0. The highest BCUT2D eigenvalue weighted by Gasteiger charge is 2.16. The molecule has 29 heavy (non-hydrogen) atoms. The summed E-state index contributed by atoms with van der Waals surface area (Å²) in [5.41, 5.74) is 2.42. The number of aromatic nitrogens is 2. The minimum atomic E-state index is -1.01. The minimum absolute atomic E-state index is 0.0281. The number of H-pyrrole nitrogens is 1. The third kappa shape index (κ3) is 4.12. The topological polar surface area (TPSA) is 75.2 Å². The average Bonchev–Trinajstić information content (AvgIpc) is 3.11. The summed E-state index contributed by atoms with van der Waals surface area (Å²) in [5, 5.41) is 12.3. The van der Waals surface area contributed by atoms with Crippen molar-refractivity contribution >= 4 is 45.6 Å². The lowest BCUT2D eigenvalue weighted by Gasteiger charge is -2.15. The van der Waals surface area contributed by atoms with E-state index in [1.54, 1.807) is 6.08 Å². The van der Waals surface area contributed by atoms with Gasteiger partial charge in [-0.2, -0.15) is 0 Å². The Morgan fingerprint density at radius 3 is 2.62 bits per heavy atom. The largest absolute Gasteiger partial charge is 0.490 e. The summed E-state index contributed by atoms with van der Waals surface area (Å²) >= 11 is 1.09. The first-order valence-corrected chi connectivity index (χ1v) is 10.1. The molecule has 0 saturated heterocycles. The summed E-state index contributed by atoms with van der Waals surface area (Å²) in [6.07, 6.45) is 1.64. The molecule has 4 aromatic rings. The van der Waals surface area contributed by atoms with Gasteiger partial charge in [0.25, 0.3) is 0 Å². The number of fused-ring (bicyclic) bond motifs is 2. The van der Waals surface area contributed by atoms with Crippen molar-refractivity contribution in [2.75, 3.05) is 0 Å². The first-order chi connectivity index (χ1) is 14.0. The van der Waals surface area contributed by atoms with E-state index >= 15 is 0 Å². The molecule has 0 radical (unpaired) electrons. The molecule has 0 unspecified atom stereocenters. The highest BCUT2D eigenvalue weighted by atomic mass is 32.2. The summed E-state index contributed by atoms with van der Waals surface area (Å²) in [5.74, 6) is -0.360. The molecule has 0 spiro atoms. The number of carboxylic acid groups (broad SMARTS) is 1. The van der Waals surface area contributed by atoms with E-state index in [0.717, 1.165) is 39.1 Å². The summed E-state index contributed by atoms with van der Waals surface area (Å²) < 4.78 is 5.96. The molecule has 3 aromatic carbocycles. The van der Waals surface area contributed by atoms with Crippen LogP contribution in [0.1, 0.15) is 19.4 Å². The van der Waals surface area contributed by atoms with Gasteiger partial charge < -0.3 is 14.8 Å². The minimum Gasteiger partial charge on any atom is -0.490 e. The summed E-state index contributed by atoms with van der Waals surface area (Å²) in [6.45, 7) is 3.90. The Balaban J connectivity index is 1.81. The number of aliphatic carboxylic acids is 1. The molecule has 4 rings (SSSR count). The Morgan fingerprint density at radius 2 is 1.86 bits per heavy atom. The average molecular weight is 404 g/mol. The van der Waals surface area contributed by atoms with Crippen molar-refractivity contribution in [1.82, 2.24) is 9.97 Å². The second-order valence-corrected chi connectivity index (χ2v) is 7.87. The number of nitrogens with zero attached hydrogens (tertiary/aromatic N) is 1. The fourth-order valence-corrected chi connectivity index (χ4v) is 3.91. The second-order valence-electron chi connectivity index (χ2n) is 6.84. The number of aromatic amines is 1. The number of hydrogen-bond donors (Lipinski definition) is 2. The maximum absolute atomic E-state index is 12.0. The fraction of sp³-hybridized carbons (Fsp3) is 0.130. The number of carbonyl (C=O) groups is 1. The number of nitrogens with one attached hydrogen (secondary N) is 1. The van der Waals surface area contributed by atoms with Crippen molar-refractivity contribution in [2.24, 2.45) is 0 Å². The number of rotatable bonds is 6. The molecule has 0 aliphatic rings. The van der Waals surface area contributed by atoms with Gasteiger partial charge in [-0.3, -0.25) is 0 Å². The zero-order valence-corrected chi connectivity index (χ0v) is 16.9. The first-order valence-electron chi connectivity index (χ1n) is 9.27. The highest BCUT2D eigenvalue weighted by Crippen LogP contribution is 2.35. The predicted octanol–water partition coefficient (Wildman–Crippen LogP) is 5.72. The molecule has 0 aliphatic carbocycles. The van der Waals surface area contributed by atoms with Gasteiger partial charge >= 0.3 is 5.97 Å². The van der Waals surface area contributed by atoms with Gasteiger partial charge in [-0.25, -0.2) is 9.78 Å². The van der Waals surface area contributed by atoms with Crippen LogP contribution < -0.4 is 4.74 Å². The summed E-state index contributed by atoms with van der Waals surface area (Å²) in [6, 6.07) is 19.3. The molecule has 6 heteroatoms. The lowest BCUT2D eigenvalue weighted by molar-refractivity contribution is -0.131. The van der Waals surface area contributed by atoms with Crippen LogP contribution in [-0.4, -0.2) is 27.1 Å². The van der Waals surface area contributed by atoms with Crippen molar-refractivity contribution in [3.63, 3.8) is 0 Å². The Morgan fingerprint density at radius 1 is 1.10 bits per heavy atom. The lowest BCUT2D eigenvalue weighted by atomic mass is 10.0. The van der Waals surface area contributed by atoms with E-state index in [4.69, 9.17) is 4.74 Å². The molecule has 1 heterocycles. The standard InChI is InChI=1S/C23H20N2O3S/c1-14(2)28-20-12-11-15-7-3-4-8-16(15)17(20)13-21(22(26)27)29-23-24-18-9-5-6-10-19(18)25-23/h3-14H,1-2H3,(H,24,25)(H,26,27)/b21-13-. The monoisotopic (exact) mass is 404 g/mol. The number of carboxylic acids is 1. The number of hydrogen-bond acceptors (Lipinski definition) is 4. The Labute approximate surface area is 172 Å². The van der Waals surface area contributed by atoms with Gasteiger partial charge in [-0.15, -0.1) is 0 Å². The van der Waals surface area contributed by atoms with Crippen molar-refractivity contribution in [3.8, 4) is 5.75 Å². The van der Waals surface area contributed by atoms with Crippen LogP contribution in [0.5, 0.6) is 5.75 Å². The molecule has 0 fully saturated rings. The molecule has 146 valence electrons. The van der Waals surface area contributed by atoms with Crippen molar-refractivity contribution in [1.29, 1.82) is 0 Å². The molecule has 5 nitrogen and oxygen atoms in total. The van der Waals surface area contributed by atoms with Gasteiger partial charge in [-0.1, -0.05) is 42.5 Å². The Hall–Kier alpha value is -3.25. The van der Waals surface area contributed by atoms with Crippen LogP contribution >= 0.6 is 11.8 Å². The molecular weight excluding hydrogens is 384 g/mol. The van der Waals surface area contributed by atoms with Crippen LogP contribution in [0, 0.1) is 0 Å². The molecule has 1 aromatic heterocycles. The van der Waals surface area contributed by atoms with Crippen LogP contribution in [0.15, 0.2) is 70.7 Å². The van der Waals surface area contributed by atoms with Gasteiger partial charge in [0.1, 0.15) is 10.7 Å². The quantitative estimate of drug-likeness (QED) is 0.317. The van der Waals surface area contributed by atoms with E-state index in [2.05, 4.69) is 9.97 Å². The SMILES string of the molecule is CC(C)Oc1ccc2ccccc2c1/C=C(\Sc1nc2ccccc2[nH]1)C(=O)O. The zero-order valence-electron chi connectivity index (χ0n) is 16.0. The van der Waals surface area contributed by atoms with E-state index in [0.29, 0.717) is 10.9 Å². The van der Waals surface area contributed by atoms with E-state index in [-0.39, 0.29) is 11.0 Å². The number of thioether (sulfide) groups is 1. The van der Waals surface area contributed by atoms with Crippen LogP contribution in [0.3, 0.4) is 0 Å². The van der Waals surface area contributed by atoms with E-state index in [9.17, 15) is 9.90 Å². The van der Waals surface area contributed by atoms with Gasteiger partial charge in [0, 0.05) is 5.56 Å². The molecule has 0 aliphatic heterocycles. The predicted molar refractivity (Wildman–Crippen MR) is 117 cm³/mol. The number of ether oxygens (including phenoxy) is 1. The lowest BCUT2D eigenvalue weighted by Crippen LogP contribution is -2.07. The maximum Gasteiger partial charge on any atom is 0.342 e. The second kappa shape index (κ2) is 8.01. The molecule has 2 N–H and O–H groups in total. The molecule has 0 bridgehead atoms. The van der Waals surface area contributed by atoms with Gasteiger partial charge in [0.15, 0.2) is 5.16 Å². The van der Waals surface area contributed by atoms with Crippen molar-refractivity contribution < 1.29 is 14.6 Å². The molecule has 0 saturated carbocycles. The van der Waals surface area contributed by atoms with Gasteiger partial charge in [0.05, 0.1) is 17.1 Å². The summed E-state index contributed by atoms with van der Waals surface area (Å²) in [7, 11) is 0. The summed E-state index contributed by atoms with van der Waals surface area (Å²) in [4.78, 5) is 19.8. The van der Waals surface area contributed by atoms with E-state index in [1.807, 2.05) is 74.5 Å². The van der Waals surface area contributed by atoms with Crippen LogP contribution in [0.4, 0.5) is 0 Å². The third-order valence-corrected chi connectivity index (χ3v) is 5.25.